The maximum atomic E-state index is 12.4. The number of nitrogens with one attached hydrogen (secondary N) is 1. The first kappa shape index (κ1) is 24.2. The van der Waals surface area contributed by atoms with Gasteiger partial charge in [-0.1, -0.05) is 38.5 Å². The van der Waals surface area contributed by atoms with Crippen molar-refractivity contribution in [2.75, 3.05) is 46.6 Å². The van der Waals surface area contributed by atoms with Gasteiger partial charge >= 0.3 is 0 Å². The van der Waals surface area contributed by atoms with Gasteiger partial charge in [0.25, 0.3) is 5.91 Å². The average molecular weight is 421 g/mol. The van der Waals surface area contributed by atoms with E-state index in [0.717, 1.165) is 24.2 Å². The molecule has 1 aliphatic rings. The van der Waals surface area contributed by atoms with E-state index in [4.69, 9.17) is 14.2 Å². The van der Waals surface area contributed by atoms with Crippen LogP contribution in [0.4, 0.5) is 0 Å². The van der Waals surface area contributed by atoms with Gasteiger partial charge in [-0.3, -0.25) is 9.59 Å². The minimum atomic E-state index is -0.136. The van der Waals surface area contributed by atoms with Crippen LogP contribution in [0, 0.1) is 6.92 Å². The van der Waals surface area contributed by atoms with E-state index in [0.29, 0.717) is 26.3 Å². The Morgan fingerprint density at radius 3 is 2.47 bits per heavy atom. The summed E-state index contributed by atoms with van der Waals surface area (Å²) >= 11 is 0. The molecule has 1 saturated heterocycles. The Hall–Kier alpha value is -2.12. The van der Waals surface area contributed by atoms with Crippen LogP contribution in [-0.4, -0.2) is 69.4 Å². The lowest BCUT2D eigenvalue weighted by Gasteiger charge is -2.32. The number of carbonyl (C=O) groups excluding carboxylic acids is 2. The largest absolute Gasteiger partial charge is 0.483 e. The molecule has 7 nitrogen and oxygen atoms in total. The second kappa shape index (κ2) is 11.3. The molecule has 0 bridgehead atoms. The second-order valence-corrected chi connectivity index (χ2v) is 8.81. The second-order valence-electron chi connectivity index (χ2n) is 8.81. The summed E-state index contributed by atoms with van der Waals surface area (Å²) in [6, 6.07) is 6.09. The summed E-state index contributed by atoms with van der Waals surface area (Å²) in [5.41, 5.74) is 2.20. The third-order valence-electron chi connectivity index (χ3n) is 5.17. The lowest BCUT2D eigenvalue weighted by molar-refractivity contribution is -0.137. The molecule has 0 aromatic heterocycles. The van der Waals surface area contributed by atoms with Crippen LogP contribution in [0.1, 0.15) is 44.7 Å². The van der Waals surface area contributed by atoms with Crippen molar-refractivity contribution in [2.24, 2.45) is 0 Å². The highest BCUT2D eigenvalue weighted by atomic mass is 16.5. The molecule has 1 aromatic carbocycles. The number of piperidine rings is 1. The molecular formula is C23H36N2O5. The van der Waals surface area contributed by atoms with Crippen LogP contribution in [0.5, 0.6) is 5.75 Å². The van der Waals surface area contributed by atoms with Gasteiger partial charge in [0.1, 0.15) is 12.4 Å². The number of rotatable bonds is 9. The molecule has 2 rings (SSSR count). The number of hydrogen-bond donors (Lipinski definition) is 1. The molecule has 0 radical (unpaired) electrons. The van der Waals surface area contributed by atoms with Crippen molar-refractivity contribution in [1.82, 2.24) is 10.2 Å². The van der Waals surface area contributed by atoms with Crippen LogP contribution in [0.2, 0.25) is 0 Å². The maximum Gasteiger partial charge on any atom is 0.258 e. The molecule has 0 saturated carbocycles. The van der Waals surface area contributed by atoms with Gasteiger partial charge in [-0.15, -0.1) is 0 Å². The third-order valence-corrected chi connectivity index (χ3v) is 5.17. The van der Waals surface area contributed by atoms with Crippen molar-refractivity contribution in [3.63, 3.8) is 0 Å². The van der Waals surface area contributed by atoms with Gasteiger partial charge in [-0.25, -0.2) is 0 Å². The summed E-state index contributed by atoms with van der Waals surface area (Å²) in [6.07, 6.45) is 1.46. The molecule has 30 heavy (non-hydrogen) atoms. The Labute approximate surface area is 180 Å². The molecule has 168 valence electrons. The Bertz CT molecular complexity index is 706. The average Bonchev–Trinajstić information content (AvgIpc) is 2.70. The number of nitrogens with zero attached hydrogens (tertiary/aromatic N) is 1. The number of benzene rings is 1. The molecular weight excluding hydrogens is 384 g/mol. The van der Waals surface area contributed by atoms with Crippen molar-refractivity contribution in [2.45, 2.75) is 52.0 Å². The Morgan fingerprint density at radius 1 is 1.13 bits per heavy atom. The van der Waals surface area contributed by atoms with E-state index in [1.807, 2.05) is 12.1 Å². The fourth-order valence-corrected chi connectivity index (χ4v) is 3.43. The Morgan fingerprint density at radius 2 is 1.83 bits per heavy atom. The fraction of sp³-hybridized carbons (Fsp3) is 0.652. The number of ether oxygens (including phenoxy) is 3. The maximum absolute atomic E-state index is 12.4. The number of methoxy groups -OCH3 is 1. The fourth-order valence-electron chi connectivity index (χ4n) is 3.43. The summed E-state index contributed by atoms with van der Waals surface area (Å²) in [7, 11) is 1.60. The van der Waals surface area contributed by atoms with E-state index >= 15 is 0 Å². The topological polar surface area (TPSA) is 77.1 Å². The minimum Gasteiger partial charge on any atom is -0.483 e. The highest BCUT2D eigenvalue weighted by Gasteiger charge is 2.24. The molecule has 0 spiro atoms. The lowest BCUT2D eigenvalue weighted by Crippen LogP contribution is -2.48. The van der Waals surface area contributed by atoms with Crippen molar-refractivity contribution >= 4 is 11.8 Å². The molecule has 2 amide bonds. The predicted molar refractivity (Wildman–Crippen MR) is 116 cm³/mol. The molecule has 1 heterocycles. The molecule has 1 aromatic rings. The molecule has 0 atom stereocenters. The number of aryl methyl sites for hydroxylation is 1. The highest BCUT2D eigenvalue weighted by Crippen LogP contribution is 2.32. The molecule has 0 aliphatic carbocycles. The van der Waals surface area contributed by atoms with E-state index in [2.05, 4.69) is 39.1 Å². The SMILES string of the molecule is COCCOCC(=O)N1CCC(NC(=O)COc2ccc(C)cc2C(C)(C)C)CC1. The first-order chi connectivity index (χ1) is 14.2. The molecule has 7 heteroatoms. The van der Waals surface area contributed by atoms with Crippen molar-refractivity contribution < 1.29 is 23.8 Å². The zero-order valence-corrected chi connectivity index (χ0v) is 19.0. The van der Waals surface area contributed by atoms with Crippen LogP contribution in [0.3, 0.4) is 0 Å². The summed E-state index contributed by atoms with van der Waals surface area (Å²) in [6.45, 7) is 10.6. The van der Waals surface area contributed by atoms with Gasteiger partial charge in [0.05, 0.1) is 13.2 Å². The van der Waals surface area contributed by atoms with Gasteiger partial charge in [0.2, 0.25) is 5.91 Å². The summed E-state index contributed by atoms with van der Waals surface area (Å²) in [5.74, 6) is 0.591. The van der Waals surface area contributed by atoms with Gasteiger partial charge in [-0.2, -0.15) is 0 Å². The number of hydrogen-bond acceptors (Lipinski definition) is 5. The predicted octanol–water partition coefficient (Wildman–Crippen LogP) is 2.44. The van der Waals surface area contributed by atoms with E-state index in [1.165, 1.54) is 5.56 Å². The van der Waals surface area contributed by atoms with Crippen molar-refractivity contribution in [3.8, 4) is 5.75 Å². The Balaban J connectivity index is 1.75. The van der Waals surface area contributed by atoms with E-state index < -0.39 is 0 Å². The van der Waals surface area contributed by atoms with Crippen LogP contribution >= 0.6 is 0 Å². The Kier molecular flexibility index (Phi) is 9.11. The first-order valence-corrected chi connectivity index (χ1v) is 10.6. The zero-order chi connectivity index (χ0) is 22.1. The van der Waals surface area contributed by atoms with E-state index in [-0.39, 0.29) is 36.5 Å². The lowest BCUT2D eigenvalue weighted by atomic mass is 9.85. The minimum absolute atomic E-state index is 0.0153. The summed E-state index contributed by atoms with van der Waals surface area (Å²) in [4.78, 5) is 26.3. The van der Waals surface area contributed by atoms with Crippen LogP contribution in [0.25, 0.3) is 0 Å². The van der Waals surface area contributed by atoms with Crippen molar-refractivity contribution in [3.05, 3.63) is 29.3 Å². The summed E-state index contributed by atoms with van der Waals surface area (Å²) in [5, 5.41) is 3.03. The number of carbonyl (C=O) groups is 2. The quantitative estimate of drug-likeness (QED) is 0.621. The van der Waals surface area contributed by atoms with Crippen LogP contribution in [-0.2, 0) is 24.5 Å². The zero-order valence-electron chi connectivity index (χ0n) is 19.0. The van der Waals surface area contributed by atoms with Crippen LogP contribution in [0.15, 0.2) is 18.2 Å². The number of likely N-dealkylation sites (tertiary alicyclic amines) is 1. The molecule has 1 fully saturated rings. The van der Waals surface area contributed by atoms with Gasteiger partial charge in [-0.05, 0) is 36.8 Å². The van der Waals surface area contributed by atoms with Gasteiger partial charge < -0.3 is 24.4 Å². The van der Waals surface area contributed by atoms with E-state index in [1.54, 1.807) is 12.0 Å². The van der Waals surface area contributed by atoms with Gasteiger partial charge in [0.15, 0.2) is 6.61 Å². The third kappa shape index (κ3) is 7.61. The molecule has 0 unspecified atom stereocenters. The van der Waals surface area contributed by atoms with Crippen molar-refractivity contribution in [1.29, 1.82) is 0 Å². The standard InChI is InChI=1S/C23H36N2O5/c1-17-6-7-20(19(14-17)23(2,3)4)30-15-21(26)24-18-8-10-25(11-9-18)22(27)16-29-13-12-28-5/h6-7,14,18H,8-13,15-16H2,1-5H3,(H,24,26). The summed E-state index contributed by atoms with van der Waals surface area (Å²) < 4.78 is 16.0. The molecule has 1 N–H and O–H groups in total. The highest BCUT2D eigenvalue weighted by molar-refractivity contribution is 5.78. The normalized spacial score (nSPS) is 15.2. The van der Waals surface area contributed by atoms with Crippen LogP contribution < -0.4 is 10.1 Å². The first-order valence-electron chi connectivity index (χ1n) is 10.6. The number of amides is 2. The monoisotopic (exact) mass is 420 g/mol. The smallest absolute Gasteiger partial charge is 0.258 e. The van der Waals surface area contributed by atoms with E-state index in [9.17, 15) is 9.59 Å². The van der Waals surface area contributed by atoms with Gasteiger partial charge in [0, 0.05) is 26.2 Å². The molecule has 1 aliphatic heterocycles.